The van der Waals surface area contributed by atoms with E-state index < -0.39 is 0 Å². The van der Waals surface area contributed by atoms with Crippen molar-refractivity contribution in [3.63, 3.8) is 0 Å². The van der Waals surface area contributed by atoms with E-state index in [9.17, 15) is 0 Å². The van der Waals surface area contributed by atoms with Gasteiger partial charge in [-0.2, -0.15) is 0 Å². The predicted octanol–water partition coefficient (Wildman–Crippen LogP) is 4.09. The molecule has 2 aromatic rings. The van der Waals surface area contributed by atoms with Gasteiger partial charge in [-0.05, 0) is 36.1 Å². The van der Waals surface area contributed by atoms with Crippen molar-refractivity contribution in [1.29, 1.82) is 0 Å². The Balaban J connectivity index is 1.86. The number of benzene rings is 2. The van der Waals surface area contributed by atoms with Crippen LogP contribution in [0.2, 0.25) is 0 Å². The lowest BCUT2D eigenvalue weighted by Gasteiger charge is -2.21. The maximum Gasteiger partial charge on any atom is 0.0597 e. The summed E-state index contributed by atoms with van der Waals surface area (Å²) in [6.45, 7) is 7.93. The molecule has 2 nitrogen and oxygen atoms in total. The van der Waals surface area contributed by atoms with Crippen molar-refractivity contribution < 1.29 is 4.74 Å². The quantitative estimate of drug-likeness (QED) is 0.837. The van der Waals surface area contributed by atoms with Crippen LogP contribution in [0.15, 0.2) is 48.5 Å². The molecule has 0 bridgehead atoms. The second-order valence-electron chi connectivity index (χ2n) is 5.94. The van der Waals surface area contributed by atoms with Gasteiger partial charge in [0.05, 0.1) is 12.7 Å². The molecule has 0 fully saturated rings. The van der Waals surface area contributed by atoms with Crippen molar-refractivity contribution in [3.8, 4) is 11.1 Å². The van der Waals surface area contributed by atoms with E-state index in [1.54, 1.807) is 0 Å². The minimum absolute atomic E-state index is 0.302. The number of ether oxygens (including phenoxy) is 1. The second kappa shape index (κ2) is 6.42. The van der Waals surface area contributed by atoms with E-state index in [4.69, 9.17) is 4.74 Å². The molecule has 0 unspecified atom stereocenters. The van der Waals surface area contributed by atoms with Gasteiger partial charge in [-0.3, -0.25) is 4.90 Å². The lowest BCUT2D eigenvalue weighted by atomic mass is 9.97. The molecular formula is C19H23NO. The van der Waals surface area contributed by atoms with Crippen LogP contribution in [0.5, 0.6) is 0 Å². The molecule has 1 heterocycles. The molecule has 0 radical (unpaired) electrons. The predicted molar refractivity (Wildman–Crippen MR) is 87.1 cm³/mol. The van der Waals surface area contributed by atoms with Gasteiger partial charge in [-0.15, -0.1) is 0 Å². The van der Waals surface area contributed by atoms with E-state index >= 15 is 0 Å². The first kappa shape index (κ1) is 14.3. The Bertz CT molecular complexity index is 559. The summed E-state index contributed by atoms with van der Waals surface area (Å²) in [6, 6.07) is 17.5. The van der Waals surface area contributed by atoms with Crippen LogP contribution in [0.4, 0.5) is 0 Å². The first-order valence-corrected chi connectivity index (χ1v) is 7.74. The van der Waals surface area contributed by atoms with E-state index in [1.165, 1.54) is 22.3 Å². The van der Waals surface area contributed by atoms with Crippen molar-refractivity contribution >= 4 is 0 Å². The van der Waals surface area contributed by atoms with Crippen molar-refractivity contribution in [2.45, 2.75) is 33.0 Å². The zero-order valence-corrected chi connectivity index (χ0v) is 12.9. The molecule has 0 aromatic heterocycles. The molecule has 0 atom stereocenters. The summed E-state index contributed by atoms with van der Waals surface area (Å²) in [5.74, 6) is 0. The van der Waals surface area contributed by atoms with E-state index in [-0.39, 0.29) is 0 Å². The summed E-state index contributed by atoms with van der Waals surface area (Å²) in [6.07, 6.45) is 0.302. The largest absolute Gasteiger partial charge is 0.377 e. The molecule has 21 heavy (non-hydrogen) atoms. The highest BCUT2D eigenvalue weighted by Gasteiger charge is 2.18. The Morgan fingerprint density at radius 1 is 0.905 bits per heavy atom. The molecule has 0 saturated carbocycles. The van der Waals surface area contributed by atoms with Gasteiger partial charge in [0.25, 0.3) is 0 Å². The van der Waals surface area contributed by atoms with Crippen molar-refractivity contribution in [1.82, 2.24) is 4.90 Å². The van der Waals surface area contributed by atoms with Crippen LogP contribution >= 0.6 is 0 Å². The minimum atomic E-state index is 0.302. The third-order valence-electron chi connectivity index (χ3n) is 3.97. The molecular weight excluding hydrogens is 258 g/mol. The van der Waals surface area contributed by atoms with Crippen LogP contribution in [0.25, 0.3) is 11.1 Å². The molecule has 2 heteroatoms. The summed E-state index contributed by atoms with van der Waals surface area (Å²) in [7, 11) is 0. The van der Waals surface area contributed by atoms with Gasteiger partial charge < -0.3 is 4.74 Å². The third kappa shape index (κ3) is 3.34. The van der Waals surface area contributed by atoms with Crippen LogP contribution in [-0.4, -0.2) is 24.2 Å². The fourth-order valence-corrected chi connectivity index (χ4v) is 2.96. The maximum absolute atomic E-state index is 5.72. The first-order valence-electron chi connectivity index (χ1n) is 7.74. The van der Waals surface area contributed by atoms with E-state index in [1.807, 2.05) is 0 Å². The minimum Gasteiger partial charge on any atom is -0.377 e. The Morgan fingerprint density at radius 3 is 1.95 bits per heavy atom. The highest BCUT2D eigenvalue weighted by atomic mass is 16.5. The van der Waals surface area contributed by atoms with Gasteiger partial charge in [0.15, 0.2) is 0 Å². The van der Waals surface area contributed by atoms with Crippen LogP contribution in [-0.2, 0) is 17.8 Å². The summed E-state index contributed by atoms with van der Waals surface area (Å²) >= 11 is 0. The third-order valence-corrected chi connectivity index (χ3v) is 3.97. The van der Waals surface area contributed by atoms with E-state index in [0.717, 1.165) is 26.2 Å². The Kier molecular flexibility index (Phi) is 4.37. The maximum atomic E-state index is 5.72. The molecule has 110 valence electrons. The normalized spacial score (nSPS) is 14.6. The number of rotatable bonds is 4. The molecule has 0 amide bonds. The number of nitrogens with zero attached hydrogens (tertiary/aromatic N) is 1. The van der Waals surface area contributed by atoms with Crippen LogP contribution in [0.3, 0.4) is 0 Å². The zero-order chi connectivity index (χ0) is 14.7. The van der Waals surface area contributed by atoms with E-state index in [0.29, 0.717) is 6.10 Å². The van der Waals surface area contributed by atoms with Crippen LogP contribution < -0.4 is 0 Å². The fraction of sp³-hybridized carbons (Fsp3) is 0.368. The van der Waals surface area contributed by atoms with Gasteiger partial charge in [-0.25, -0.2) is 0 Å². The first-order chi connectivity index (χ1) is 10.2. The summed E-state index contributed by atoms with van der Waals surface area (Å²) in [4.78, 5) is 2.48. The lowest BCUT2D eigenvalue weighted by Crippen LogP contribution is -2.27. The Morgan fingerprint density at radius 2 is 1.43 bits per heavy atom. The van der Waals surface area contributed by atoms with Gasteiger partial charge in [-0.1, -0.05) is 48.5 Å². The van der Waals surface area contributed by atoms with Crippen LogP contribution in [0.1, 0.15) is 25.0 Å². The van der Waals surface area contributed by atoms with Gasteiger partial charge in [0, 0.05) is 19.6 Å². The zero-order valence-electron chi connectivity index (χ0n) is 12.9. The number of hydrogen-bond acceptors (Lipinski definition) is 2. The van der Waals surface area contributed by atoms with E-state index in [2.05, 4.69) is 67.3 Å². The average Bonchev–Trinajstić information content (AvgIpc) is 2.63. The Hall–Kier alpha value is -1.64. The molecule has 0 spiro atoms. The van der Waals surface area contributed by atoms with Gasteiger partial charge in [0.1, 0.15) is 0 Å². The number of hydrogen-bond donors (Lipinski definition) is 0. The van der Waals surface area contributed by atoms with Crippen molar-refractivity contribution in [3.05, 3.63) is 59.7 Å². The monoisotopic (exact) mass is 281 g/mol. The van der Waals surface area contributed by atoms with Gasteiger partial charge >= 0.3 is 0 Å². The summed E-state index contributed by atoms with van der Waals surface area (Å²) < 4.78 is 5.72. The topological polar surface area (TPSA) is 12.5 Å². The molecule has 0 N–H and O–H groups in total. The summed E-state index contributed by atoms with van der Waals surface area (Å²) in [5.41, 5.74) is 5.57. The fourth-order valence-electron chi connectivity index (χ4n) is 2.96. The highest BCUT2D eigenvalue weighted by Crippen LogP contribution is 2.32. The second-order valence-corrected chi connectivity index (χ2v) is 5.94. The SMILES string of the molecule is CC(C)OCCN1Cc2ccccc2-c2ccccc2C1. The lowest BCUT2D eigenvalue weighted by molar-refractivity contribution is 0.0560. The number of fused-ring (bicyclic) bond motifs is 3. The standard InChI is InChI=1S/C19H23NO/c1-15(2)21-12-11-20-13-16-7-3-5-9-18(16)19-10-6-4-8-17(19)14-20/h3-10,15H,11-14H2,1-2H3. The molecule has 1 aliphatic heterocycles. The highest BCUT2D eigenvalue weighted by molar-refractivity contribution is 5.71. The molecule has 2 aromatic carbocycles. The smallest absolute Gasteiger partial charge is 0.0597 e. The van der Waals surface area contributed by atoms with Crippen molar-refractivity contribution in [2.24, 2.45) is 0 Å². The molecule has 0 aliphatic carbocycles. The molecule has 0 saturated heterocycles. The average molecular weight is 281 g/mol. The Labute approximate surface area is 127 Å². The molecule has 1 aliphatic rings. The summed E-state index contributed by atoms with van der Waals surface area (Å²) in [5, 5.41) is 0. The molecule has 3 rings (SSSR count). The van der Waals surface area contributed by atoms with Crippen LogP contribution in [0, 0.1) is 0 Å². The van der Waals surface area contributed by atoms with Gasteiger partial charge in [0.2, 0.25) is 0 Å². The van der Waals surface area contributed by atoms with Crippen molar-refractivity contribution in [2.75, 3.05) is 13.2 Å².